The van der Waals surface area contributed by atoms with E-state index in [2.05, 4.69) is 0 Å². The van der Waals surface area contributed by atoms with E-state index in [1.807, 2.05) is 0 Å². The first-order valence-corrected chi connectivity index (χ1v) is 4.16. The van der Waals surface area contributed by atoms with Crippen LogP contribution >= 0.6 is 0 Å². The van der Waals surface area contributed by atoms with Gasteiger partial charge in [-0.2, -0.15) is 8.42 Å². The van der Waals surface area contributed by atoms with Crippen molar-refractivity contribution in [3.05, 3.63) is 7.43 Å². The van der Waals surface area contributed by atoms with E-state index in [1.165, 1.54) is 0 Å². The molecule has 0 fully saturated rings. The zero-order valence-corrected chi connectivity index (χ0v) is 10.5. The molecule has 14 heavy (non-hydrogen) atoms. The van der Waals surface area contributed by atoms with Crippen molar-refractivity contribution < 1.29 is 62.3 Å². The van der Waals surface area contributed by atoms with Gasteiger partial charge in [-0.05, 0) is 0 Å². The van der Waals surface area contributed by atoms with Gasteiger partial charge in [-0.3, -0.25) is 14.1 Å². The number of carboxylic acid groups (broad SMARTS) is 2. The molecule has 0 spiro atoms. The molecule has 0 heterocycles. The zero-order valence-electron chi connectivity index (χ0n) is 7.67. The summed E-state index contributed by atoms with van der Waals surface area (Å²) in [4.78, 5) is 20.0. The predicted molar refractivity (Wildman–Crippen MR) is 41.6 cm³/mol. The van der Waals surface area contributed by atoms with Crippen LogP contribution in [0.1, 0.15) is 6.42 Å². The van der Waals surface area contributed by atoms with Crippen molar-refractivity contribution in [2.24, 2.45) is 0 Å². The number of rotatable bonds is 4. The molecule has 0 amide bonds. The first kappa shape index (κ1) is 19.4. The van der Waals surface area contributed by atoms with Crippen LogP contribution in [0.3, 0.4) is 0 Å². The Morgan fingerprint density at radius 3 is 1.64 bits per heavy atom. The Labute approximate surface area is 103 Å². The first-order valence-electron chi connectivity index (χ1n) is 2.66. The molecule has 0 aliphatic rings. The Balaban J connectivity index is -0.000000605. The van der Waals surface area contributed by atoms with Gasteiger partial charge in [0.15, 0.2) is 5.25 Å². The van der Waals surface area contributed by atoms with E-state index in [-0.39, 0.29) is 37.0 Å². The smallest absolute Gasteiger partial charge is 0.481 e. The van der Waals surface area contributed by atoms with E-state index in [9.17, 15) is 18.0 Å². The largest absolute Gasteiger partial charge is 1.00 e. The molecule has 0 radical (unpaired) electrons. The molecular weight excluding hydrogens is 227 g/mol. The third-order valence-electron chi connectivity index (χ3n) is 0.995. The maximum atomic E-state index is 10.2. The third kappa shape index (κ3) is 7.27. The summed E-state index contributed by atoms with van der Waals surface area (Å²) in [7, 11) is -4.84. The fourth-order valence-corrected chi connectivity index (χ4v) is 1.09. The van der Waals surface area contributed by atoms with Crippen LogP contribution in [0.2, 0.25) is 0 Å². The topological polar surface area (TPSA) is 129 Å². The minimum atomic E-state index is -4.84. The van der Waals surface area contributed by atoms with Gasteiger partial charge in [-0.15, -0.1) is 0 Å². The van der Waals surface area contributed by atoms with Gasteiger partial charge in [-0.25, -0.2) is 0 Å². The molecule has 1 atom stereocenters. The second kappa shape index (κ2) is 7.18. The Morgan fingerprint density at radius 2 is 1.57 bits per heavy atom. The van der Waals surface area contributed by atoms with Crippen LogP contribution in [0.15, 0.2) is 0 Å². The molecule has 0 saturated carbocycles. The van der Waals surface area contributed by atoms with Crippen LogP contribution in [0.25, 0.3) is 0 Å². The Bertz CT molecular complexity index is 295. The molecule has 7 nitrogen and oxygen atoms in total. The van der Waals surface area contributed by atoms with Crippen LogP contribution in [0.4, 0.5) is 0 Å². The first-order chi connectivity index (χ1) is 5.25. The summed E-state index contributed by atoms with van der Waals surface area (Å²) in [5.41, 5.74) is 0. The van der Waals surface area contributed by atoms with Crippen LogP contribution in [0, 0.1) is 7.43 Å². The second-order valence-corrected chi connectivity index (χ2v) is 3.54. The SMILES string of the molecule is O=C(O)CC(C(=O)O)S(=O)(=O)O.[CH3-].[Na+]. The maximum Gasteiger partial charge on any atom is 1.00 e. The van der Waals surface area contributed by atoms with E-state index in [1.54, 1.807) is 0 Å². The summed E-state index contributed by atoms with van der Waals surface area (Å²) in [5.74, 6) is -3.50. The molecule has 0 aromatic heterocycles. The molecule has 0 aliphatic heterocycles. The van der Waals surface area contributed by atoms with Crippen LogP contribution < -0.4 is 29.6 Å². The average Bonchev–Trinajstić information content (AvgIpc) is 1.79. The van der Waals surface area contributed by atoms with Crippen LogP contribution in [-0.2, 0) is 19.7 Å². The molecule has 3 N–H and O–H groups in total. The molecule has 0 aromatic carbocycles. The van der Waals surface area contributed by atoms with Crippen molar-refractivity contribution >= 4 is 22.1 Å². The van der Waals surface area contributed by atoms with Crippen molar-refractivity contribution in [2.75, 3.05) is 0 Å². The molecule has 1 unspecified atom stereocenters. The van der Waals surface area contributed by atoms with E-state index in [0.29, 0.717) is 0 Å². The van der Waals surface area contributed by atoms with Gasteiger partial charge in [0.2, 0.25) is 0 Å². The molecule has 0 aliphatic carbocycles. The van der Waals surface area contributed by atoms with Crippen molar-refractivity contribution in [2.45, 2.75) is 11.7 Å². The minimum Gasteiger partial charge on any atom is -0.481 e. The molecule has 0 bridgehead atoms. The fourth-order valence-electron chi connectivity index (χ4n) is 0.479. The summed E-state index contributed by atoms with van der Waals surface area (Å²) in [6, 6.07) is 0. The van der Waals surface area contributed by atoms with Crippen molar-refractivity contribution in [1.29, 1.82) is 0 Å². The molecular formula is C5H9NaO7S. The Kier molecular flexibility index (Phi) is 9.97. The summed E-state index contributed by atoms with van der Waals surface area (Å²) in [6.07, 6.45) is -1.16. The molecule has 78 valence electrons. The summed E-state index contributed by atoms with van der Waals surface area (Å²) >= 11 is 0. The van der Waals surface area contributed by atoms with Gasteiger partial charge in [0.1, 0.15) is 0 Å². The van der Waals surface area contributed by atoms with Gasteiger partial charge in [0.05, 0.1) is 6.42 Å². The van der Waals surface area contributed by atoms with E-state index >= 15 is 0 Å². The summed E-state index contributed by atoms with van der Waals surface area (Å²) in [6.45, 7) is 0. The number of aliphatic carboxylic acids is 2. The molecule has 0 saturated heterocycles. The summed E-state index contributed by atoms with van der Waals surface area (Å²) < 4.78 is 28.7. The number of carbonyl (C=O) groups is 2. The second-order valence-electron chi connectivity index (χ2n) is 1.94. The summed E-state index contributed by atoms with van der Waals surface area (Å²) in [5, 5.41) is 13.9. The van der Waals surface area contributed by atoms with Gasteiger partial charge < -0.3 is 17.6 Å². The monoisotopic (exact) mass is 236 g/mol. The van der Waals surface area contributed by atoms with Gasteiger partial charge in [-0.1, -0.05) is 0 Å². The average molecular weight is 236 g/mol. The standard InChI is InChI=1S/C4H6O7S.CH3.Na/c5-3(6)1-2(4(7)8)12(9,10)11;;/h2H,1H2,(H,5,6)(H,7,8)(H,9,10,11);1H3;/q;-1;+1. The third-order valence-corrected chi connectivity index (χ3v) is 2.08. The van der Waals surface area contributed by atoms with Crippen molar-refractivity contribution in [3.63, 3.8) is 0 Å². The van der Waals surface area contributed by atoms with Gasteiger partial charge in [0.25, 0.3) is 10.1 Å². The quantitative estimate of drug-likeness (QED) is 0.260. The molecule has 0 rings (SSSR count). The van der Waals surface area contributed by atoms with Gasteiger partial charge >= 0.3 is 41.5 Å². The number of hydrogen-bond acceptors (Lipinski definition) is 4. The zero-order chi connectivity index (χ0) is 9.94. The predicted octanol–water partition coefficient (Wildman–Crippen LogP) is -3.74. The normalized spacial score (nSPS) is 11.8. The Hall–Kier alpha value is -0.150. The van der Waals surface area contributed by atoms with Crippen molar-refractivity contribution in [3.8, 4) is 0 Å². The molecule has 0 aromatic rings. The van der Waals surface area contributed by atoms with Crippen LogP contribution in [-0.4, -0.2) is 40.4 Å². The molecule has 9 heteroatoms. The van der Waals surface area contributed by atoms with Crippen LogP contribution in [0.5, 0.6) is 0 Å². The van der Waals surface area contributed by atoms with Gasteiger partial charge in [0, 0.05) is 0 Å². The minimum absolute atomic E-state index is 0. The van der Waals surface area contributed by atoms with E-state index < -0.39 is 33.7 Å². The fraction of sp³-hybridized carbons (Fsp3) is 0.400. The van der Waals surface area contributed by atoms with E-state index in [0.717, 1.165) is 0 Å². The number of carboxylic acids is 2. The maximum absolute atomic E-state index is 10.2. The van der Waals surface area contributed by atoms with Crippen molar-refractivity contribution in [1.82, 2.24) is 0 Å². The Morgan fingerprint density at radius 1 is 1.21 bits per heavy atom. The number of hydrogen-bond donors (Lipinski definition) is 3. The van der Waals surface area contributed by atoms with E-state index in [4.69, 9.17) is 14.8 Å².